The monoisotopic (exact) mass is 234 g/mol. The van der Waals surface area contributed by atoms with Gasteiger partial charge < -0.3 is 9.47 Å². The maximum atomic E-state index is 5.66. The summed E-state index contributed by atoms with van der Waals surface area (Å²) in [7, 11) is 3.75. The van der Waals surface area contributed by atoms with Crippen LogP contribution in [-0.2, 0) is 9.47 Å². The Labute approximate surface area is 93.9 Å². The van der Waals surface area contributed by atoms with Crippen LogP contribution in [0.25, 0.3) is 0 Å². The number of hydrogen-bond donors (Lipinski definition) is 0. The van der Waals surface area contributed by atoms with E-state index in [2.05, 4.69) is 0 Å². The highest BCUT2D eigenvalue weighted by atomic mass is 33.1. The molecule has 2 saturated heterocycles. The van der Waals surface area contributed by atoms with Crippen molar-refractivity contribution in [2.24, 2.45) is 0 Å². The quantitative estimate of drug-likeness (QED) is 0.696. The van der Waals surface area contributed by atoms with Crippen molar-refractivity contribution in [3.63, 3.8) is 0 Å². The molecule has 0 N–H and O–H groups in total. The summed E-state index contributed by atoms with van der Waals surface area (Å²) < 4.78 is 11.3. The second kappa shape index (κ2) is 6.26. The molecule has 2 nitrogen and oxygen atoms in total. The lowest BCUT2D eigenvalue weighted by Gasteiger charge is -2.25. The van der Waals surface area contributed by atoms with Crippen LogP contribution in [-0.4, -0.2) is 24.1 Å². The fourth-order valence-corrected chi connectivity index (χ4v) is 4.43. The van der Waals surface area contributed by atoms with Gasteiger partial charge >= 0.3 is 0 Å². The summed E-state index contributed by atoms with van der Waals surface area (Å²) in [5, 5.41) is 0. The molecular weight excluding hydrogens is 216 g/mol. The van der Waals surface area contributed by atoms with Crippen LogP contribution in [0.5, 0.6) is 0 Å². The first kappa shape index (κ1) is 11.1. The smallest absolute Gasteiger partial charge is 0.113 e. The van der Waals surface area contributed by atoms with E-state index in [0.29, 0.717) is 10.9 Å². The van der Waals surface area contributed by atoms with Gasteiger partial charge in [-0.1, -0.05) is 21.6 Å². The van der Waals surface area contributed by atoms with Gasteiger partial charge in [0.15, 0.2) is 0 Å². The normalized spacial score (nSPS) is 34.3. The third-order valence-corrected chi connectivity index (χ3v) is 5.45. The summed E-state index contributed by atoms with van der Waals surface area (Å²) >= 11 is 0. The Bertz CT molecular complexity index is 136. The molecule has 4 heteroatoms. The van der Waals surface area contributed by atoms with Crippen LogP contribution in [0.4, 0.5) is 0 Å². The van der Waals surface area contributed by atoms with E-state index in [4.69, 9.17) is 9.47 Å². The molecule has 2 unspecified atom stereocenters. The lowest BCUT2D eigenvalue weighted by atomic mass is 10.2. The Morgan fingerprint density at radius 3 is 1.57 bits per heavy atom. The van der Waals surface area contributed by atoms with Crippen molar-refractivity contribution in [1.29, 1.82) is 0 Å². The van der Waals surface area contributed by atoms with E-state index in [-0.39, 0.29) is 0 Å². The molecular formula is C10H18O2S2. The molecule has 2 atom stereocenters. The molecule has 82 valence electrons. The molecule has 0 aromatic carbocycles. The van der Waals surface area contributed by atoms with Crippen LogP contribution in [0.15, 0.2) is 0 Å². The fourth-order valence-electron chi connectivity index (χ4n) is 1.70. The molecule has 0 spiro atoms. The summed E-state index contributed by atoms with van der Waals surface area (Å²) in [5.74, 6) is 0. The van der Waals surface area contributed by atoms with Gasteiger partial charge in [0, 0.05) is 13.2 Å². The molecule has 2 heterocycles. The molecule has 0 aromatic heterocycles. The zero-order valence-corrected chi connectivity index (χ0v) is 10.1. The maximum Gasteiger partial charge on any atom is 0.113 e. The van der Waals surface area contributed by atoms with E-state index in [0.717, 1.165) is 13.2 Å². The SMILES string of the molecule is C1CCC(SSC2CCCCO2)OC1. The third-order valence-electron chi connectivity index (χ3n) is 2.55. The third kappa shape index (κ3) is 3.65. The molecule has 0 aliphatic carbocycles. The highest BCUT2D eigenvalue weighted by Gasteiger charge is 2.19. The minimum atomic E-state index is 0.416. The molecule has 2 aliphatic heterocycles. The Morgan fingerprint density at radius 2 is 1.21 bits per heavy atom. The van der Waals surface area contributed by atoms with E-state index in [1.165, 1.54) is 38.5 Å². The minimum absolute atomic E-state index is 0.416. The molecule has 0 radical (unpaired) electrons. The Hall–Kier alpha value is 0.620. The maximum absolute atomic E-state index is 5.66. The first-order valence-electron chi connectivity index (χ1n) is 5.50. The Kier molecular flexibility index (Phi) is 4.97. The van der Waals surface area contributed by atoms with E-state index in [1.54, 1.807) is 0 Å². The summed E-state index contributed by atoms with van der Waals surface area (Å²) in [6.07, 6.45) is 7.55. The van der Waals surface area contributed by atoms with Crippen LogP contribution in [0.3, 0.4) is 0 Å². The van der Waals surface area contributed by atoms with E-state index < -0.39 is 0 Å². The van der Waals surface area contributed by atoms with Crippen LogP contribution in [0.2, 0.25) is 0 Å². The van der Waals surface area contributed by atoms with Gasteiger partial charge in [-0.15, -0.1) is 0 Å². The van der Waals surface area contributed by atoms with Gasteiger partial charge in [0.25, 0.3) is 0 Å². The molecule has 0 saturated carbocycles. The number of hydrogen-bond acceptors (Lipinski definition) is 4. The molecule has 2 aliphatic rings. The van der Waals surface area contributed by atoms with Gasteiger partial charge in [-0.25, -0.2) is 0 Å². The van der Waals surface area contributed by atoms with E-state index in [9.17, 15) is 0 Å². The van der Waals surface area contributed by atoms with E-state index >= 15 is 0 Å². The molecule has 2 rings (SSSR count). The predicted molar refractivity (Wildman–Crippen MR) is 62.4 cm³/mol. The van der Waals surface area contributed by atoms with Gasteiger partial charge in [0.1, 0.15) is 10.9 Å². The van der Waals surface area contributed by atoms with Crippen LogP contribution in [0, 0.1) is 0 Å². The van der Waals surface area contributed by atoms with Crippen LogP contribution >= 0.6 is 21.6 Å². The molecule has 0 aromatic rings. The Morgan fingerprint density at radius 1 is 0.714 bits per heavy atom. The minimum Gasteiger partial charge on any atom is -0.367 e. The highest BCUT2D eigenvalue weighted by molar-refractivity contribution is 8.77. The van der Waals surface area contributed by atoms with Gasteiger partial charge in [0.05, 0.1) is 0 Å². The standard InChI is InChI=1S/C10H18O2S2/c1-3-7-11-9(5-1)13-14-10-6-2-4-8-12-10/h9-10H,1-8H2. The average Bonchev–Trinajstić information content (AvgIpc) is 2.29. The van der Waals surface area contributed by atoms with Gasteiger partial charge in [-0.2, -0.15) is 0 Å². The zero-order valence-electron chi connectivity index (χ0n) is 8.44. The number of ether oxygens (including phenoxy) is 2. The van der Waals surface area contributed by atoms with Gasteiger partial charge in [0.2, 0.25) is 0 Å². The van der Waals surface area contributed by atoms with Gasteiger partial charge in [-0.3, -0.25) is 0 Å². The highest BCUT2D eigenvalue weighted by Crippen LogP contribution is 2.38. The molecule has 0 amide bonds. The second-order valence-corrected chi connectivity index (χ2v) is 6.38. The van der Waals surface area contributed by atoms with Crippen molar-refractivity contribution in [3.8, 4) is 0 Å². The lowest BCUT2D eigenvalue weighted by Crippen LogP contribution is -2.17. The molecule has 14 heavy (non-hydrogen) atoms. The topological polar surface area (TPSA) is 18.5 Å². The van der Waals surface area contributed by atoms with Gasteiger partial charge in [-0.05, 0) is 38.5 Å². The summed E-state index contributed by atoms with van der Waals surface area (Å²) in [6.45, 7) is 1.90. The number of rotatable bonds is 3. The van der Waals surface area contributed by atoms with Crippen LogP contribution < -0.4 is 0 Å². The lowest BCUT2D eigenvalue weighted by molar-refractivity contribution is 0.0709. The largest absolute Gasteiger partial charge is 0.367 e. The predicted octanol–water partition coefficient (Wildman–Crippen LogP) is 3.42. The van der Waals surface area contributed by atoms with Crippen molar-refractivity contribution in [1.82, 2.24) is 0 Å². The fraction of sp³-hybridized carbons (Fsp3) is 1.00. The van der Waals surface area contributed by atoms with Crippen molar-refractivity contribution in [2.45, 2.75) is 49.4 Å². The van der Waals surface area contributed by atoms with Crippen molar-refractivity contribution in [3.05, 3.63) is 0 Å². The second-order valence-electron chi connectivity index (χ2n) is 3.78. The zero-order chi connectivity index (χ0) is 9.64. The average molecular weight is 234 g/mol. The van der Waals surface area contributed by atoms with Crippen LogP contribution in [0.1, 0.15) is 38.5 Å². The van der Waals surface area contributed by atoms with Crippen molar-refractivity contribution in [2.75, 3.05) is 13.2 Å². The van der Waals surface area contributed by atoms with Crippen molar-refractivity contribution < 1.29 is 9.47 Å². The first-order chi connectivity index (χ1) is 6.95. The summed E-state index contributed by atoms with van der Waals surface area (Å²) in [4.78, 5) is 0. The molecule has 0 bridgehead atoms. The summed E-state index contributed by atoms with van der Waals surface area (Å²) in [6, 6.07) is 0. The van der Waals surface area contributed by atoms with E-state index in [1.807, 2.05) is 21.6 Å². The van der Waals surface area contributed by atoms with Crippen molar-refractivity contribution >= 4 is 21.6 Å². The Balaban J connectivity index is 1.60. The molecule has 2 fully saturated rings. The first-order valence-corrected chi connectivity index (χ1v) is 7.78. The summed E-state index contributed by atoms with van der Waals surface area (Å²) in [5.41, 5.74) is 0.832.